The first-order valence-electron chi connectivity index (χ1n) is 12.4. The van der Waals surface area contributed by atoms with Crippen molar-refractivity contribution in [1.82, 2.24) is 19.9 Å². The average Bonchev–Trinajstić information content (AvgIpc) is 3.24. The number of rotatable bonds is 7. The maximum Gasteiger partial charge on any atom is 0.232 e. The van der Waals surface area contributed by atoms with Crippen LogP contribution in [0.15, 0.2) is 53.7 Å². The van der Waals surface area contributed by atoms with E-state index in [1.807, 2.05) is 12.1 Å². The quantitative estimate of drug-likeness (QED) is 0.474. The number of sulfone groups is 1. The lowest BCUT2D eigenvalue weighted by molar-refractivity contribution is 0.137. The lowest BCUT2D eigenvalue weighted by Crippen LogP contribution is -2.50. The molecule has 0 aliphatic carbocycles. The fraction of sp³-hybridized carbons (Fsp3) is 0.423. The van der Waals surface area contributed by atoms with Crippen molar-refractivity contribution in [2.75, 3.05) is 55.6 Å². The highest BCUT2D eigenvalue weighted by atomic mass is 32.2. The minimum atomic E-state index is -3.42. The summed E-state index contributed by atoms with van der Waals surface area (Å²) in [6, 6.07) is 12.7. The van der Waals surface area contributed by atoms with Crippen molar-refractivity contribution in [2.45, 2.75) is 36.1 Å². The van der Waals surface area contributed by atoms with Crippen LogP contribution in [0.1, 0.15) is 25.7 Å². The van der Waals surface area contributed by atoms with Crippen molar-refractivity contribution in [3.63, 3.8) is 0 Å². The third-order valence-electron chi connectivity index (χ3n) is 7.54. The van der Waals surface area contributed by atoms with E-state index < -0.39 is 9.84 Å². The summed E-state index contributed by atoms with van der Waals surface area (Å²) < 4.78 is 29.9. The summed E-state index contributed by atoms with van der Waals surface area (Å²) in [5, 5.41) is 6.19. The highest BCUT2D eigenvalue weighted by Gasteiger charge is 2.41. The van der Waals surface area contributed by atoms with Crippen LogP contribution in [0.3, 0.4) is 0 Å². The van der Waals surface area contributed by atoms with Crippen LogP contribution in [0.2, 0.25) is 0 Å². The summed E-state index contributed by atoms with van der Waals surface area (Å²) in [7, 11) is 0.491. The van der Waals surface area contributed by atoms with Crippen molar-refractivity contribution in [2.24, 2.45) is 0 Å². The van der Waals surface area contributed by atoms with Crippen molar-refractivity contribution in [3.05, 3.63) is 48.8 Å². The molecule has 0 unspecified atom stereocenters. The van der Waals surface area contributed by atoms with E-state index in [0.717, 1.165) is 24.5 Å². The molecule has 0 radical (unpaired) electrons. The van der Waals surface area contributed by atoms with Crippen LogP contribution < -0.4 is 20.3 Å². The zero-order chi connectivity index (χ0) is 26.0. The van der Waals surface area contributed by atoms with E-state index in [4.69, 9.17) is 4.74 Å². The molecule has 37 heavy (non-hydrogen) atoms. The van der Waals surface area contributed by atoms with Crippen LogP contribution in [0.25, 0.3) is 0 Å². The molecule has 10 nitrogen and oxygen atoms in total. The first kappa shape index (κ1) is 25.2. The number of ether oxygens (including phenoxy) is 1. The molecular formula is C26H33N7O3S. The smallest absolute Gasteiger partial charge is 0.232 e. The zero-order valence-electron chi connectivity index (χ0n) is 21.4. The molecule has 2 saturated heterocycles. The van der Waals surface area contributed by atoms with Gasteiger partial charge in [0.1, 0.15) is 12.1 Å². The van der Waals surface area contributed by atoms with E-state index in [1.54, 1.807) is 31.4 Å². The second-order valence-corrected chi connectivity index (χ2v) is 11.8. The van der Waals surface area contributed by atoms with E-state index in [1.165, 1.54) is 44.8 Å². The third-order valence-corrected chi connectivity index (χ3v) is 8.70. The third kappa shape index (κ3) is 5.33. The molecule has 1 spiro atoms. The SMILES string of the molecule is COc1cc(N2CCC3(CCCN3C)CC2)ccc1Nc1ncnc(Nc2ccccc2S(C)(=O)=O)n1. The highest BCUT2D eigenvalue weighted by molar-refractivity contribution is 7.90. The molecule has 0 atom stereocenters. The van der Waals surface area contributed by atoms with Crippen LogP contribution in [0.5, 0.6) is 5.75 Å². The number of methoxy groups -OCH3 is 1. The van der Waals surface area contributed by atoms with Crippen molar-refractivity contribution < 1.29 is 13.2 Å². The van der Waals surface area contributed by atoms with Gasteiger partial charge < -0.3 is 25.2 Å². The van der Waals surface area contributed by atoms with Crippen LogP contribution in [0.4, 0.5) is 29.0 Å². The van der Waals surface area contributed by atoms with Gasteiger partial charge in [-0.05, 0) is 63.5 Å². The number of nitrogens with one attached hydrogen (secondary N) is 2. The lowest BCUT2D eigenvalue weighted by atomic mass is 9.85. The first-order valence-corrected chi connectivity index (χ1v) is 14.3. The largest absolute Gasteiger partial charge is 0.494 e. The van der Waals surface area contributed by atoms with Crippen LogP contribution >= 0.6 is 0 Å². The van der Waals surface area contributed by atoms with Gasteiger partial charge >= 0.3 is 0 Å². The van der Waals surface area contributed by atoms with E-state index >= 15 is 0 Å². The molecule has 3 heterocycles. The van der Waals surface area contributed by atoms with E-state index in [-0.39, 0.29) is 10.8 Å². The Morgan fingerprint density at radius 3 is 2.30 bits per heavy atom. The number of likely N-dealkylation sites (tertiary alicyclic amines) is 1. The number of nitrogens with zero attached hydrogens (tertiary/aromatic N) is 5. The normalized spacial score (nSPS) is 17.6. The Labute approximate surface area is 218 Å². The summed E-state index contributed by atoms with van der Waals surface area (Å²) in [6.45, 7) is 3.25. The van der Waals surface area contributed by atoms with Crippen LogP contribution in [-0.4, -0.2) is 73.9 Å². The zero-order valence-corrected chi connectivity index (χ0v) is 22.3. The molecule has 0 saturated carbocycles. The Balaban J connectivity index is 1.30. The molecule has 3 aromatic rings. The highest BCUT2D eigenvalue weighted by Crippen LogP contribution is 2.39. The predicted octanol–water partition coefficient (Wildman–Crippen LogP) is 3.84. The monoisotopic (exact) mass is 523 g/mol. The van der Waals surface area contributed by atoms with Gasteiger partial charge in [-0.25, -0.2) is 18.4 Å². The second-order valence-electron chi connectivity index (χ2n) is 9.77. The minimum absolute atomic E-state index is 0.172. The Morgan fingerprint density at radius 2 is 1.65 bits per heavy atom. The van der Waals surface area contributed by atoms with Gasteiger partial charge in [0.2, 0.25) is 11.9 Å². The summed E-state index contributed by atoms with van der Waals surface area (Å²) in [5.74, 6) is 1.22. The van der Waals surface area contributed by atoms with E-state index in [0.29, 0.717) is 22.9 Å². The minimum Gasteiger partial charge on any atom is -0.494 e. The van der Waals surface area contributed by atoms with E-state index in [2.05, 4.69) is 48.5 Å². The van der Waals surface area contributed by atoms with Crippen molar-refractivity contribution >= 4 is 38.8 Å². The molecule has 11 heteroatoms. The maximum absolute atomic E-state index is 12.1. The van der Waals surface area contributed by atoms with Crippen molar-refractivity contribution in [1.29, 1.82) is 0 Å². The number of piperidine rings is 1. The van der Waals surface area contributed by atoms with Gasteiger partial charge in [0.25, 0.3) is 0 Å². The molecule has 2 aliphatic heterocycles. The van der Waals surface area contributed by atoms with Gasteiger partial charge in [-0.2, -0.15) is 4.98 Å². The Hall–Kier alpha value is -3.44. The standard InChI is InChI=1S/C26H33N7O3S/c1-32-14-6-11-26(32)12-15-33(16-13-26)19-9-10-20(22(17-19)36-2)29-24-27-18-28-25(31-24)30-21-7-4-5-8-23(21)37(3,34)35/h4-5,7-10,17-18H,6,11-16H2,1-3H3,(H2,27,28,29,30,31). The van der Waals surface area contributed by atoms with Gasteiger partial charge in [0, 0.05) is 36.6 Å². The summed E-state index contributed by atoms with van der Waals surface area (Å²) >= 11 is 0. The molecule has 196 valence electrons. The number of hydrogen-bond donors (Lipinski definition) is 2. The molecule has 1 aromatic heterocycles. The number of benzene rings is 2. The molecule has 2 aliphatic rings. The number of hydrogen-bond acceptors (Lipinski definition) is 10. The number of para-hydroxylation sites is 1. The average molecular weight is 524 g/mol. The summed E-state index contributed by atoms with van der Waals surface area (Å²) in [6.07, 6.45) is 7.48. The first-order chi connectivity index (χ1) is 17.8. The molecule has 5 rings (SSSR count). The number of aromatic nitrogens is 3. The van der Waals surface area contributed by atoms with E-state index in [9.17, 15) is 8.42 Å². The van der Waals surface area contributed by atoms with Crippen LogP contribution in [-0.2, 0) is 9.84 Å². The Morgan fingerprint density at radius 1 is 0.946 bits per heavy atom. The molecular weight excluding hydrogens is 490 g/mol. The number of anilines is 5. The van der Waals surface area contributed by atoms with Gasteiger partial charge in [-0.15, -0.1) is 0 Å². The molecule has 0 bridgehead atoms. The fourth-order valence-electron chi connectivity index (χ4n) is 5.42. The fourth-order valence-corrected chi connectivity index (χ4v) is 6.26. The molecule has 2 N–H and O–H groups in total. The topological polar surface area (TPSA) is 113 Å². The van der Waals surface area contributed by atoms with Crippen molar-refractivity contribution in [3.8, 4) is 5.75 Å². The maximum atomic E-state index is 12.1. The lowest BCUT2D eigenvalue weighted by Gasteiger charge is -2.44. The predicted molar refractivity (Wildman–Crippen MR) is 145 cm³/mol. The molecule has 2 aromatic carbocycles. The molecule has 0 amide bonds. The summed E-state index contributed by atoms with van der Waals surface area (Å²) in [4.78, 5) is 17.9. The van der Waals surface area contributed by atoms with Gasteiger partial charge in [0.15, 0.2) is 9.84 Å². The van der Waals surface area contributed by atoms with Gasteiger partial charge in [0.05, 0.1) is 23.4 Å². The van der Waals surface area contributed by atoms with Gasteiger partial charge in [-0.1, -0.05) is 12.1 Å². The Bertz CT molecular complexity index is 1370. The summed E-state index contributed by atoms with van der Waals surface area (Å²) in [5.41, 5.74) is 2.63. The molecule has 2 fully saturated rings. The second kappa shape index (κ2) is 10.1. The Kier molecular flexibility index (Phi) is 6.91. The van der Waals surface area contributed by atoms with Crippen LogP contribution in [0, 0.1) is 0 Å². The van der Waals surface area contributed by atoms with Gasteiger partial charge in [-0.3, -0.25) is 0 Å².